The van der Waals surface area contributed by atoms with Gasteiger partial charge in [0.1, 0.15) is 11.5 Å². The third-order valence-corrected chi connectivity index (χ3v) is 3.91. The summed E-state index contributed by atoms with van der Waals surface area (Å²) in [4.78, 5) is 20.6. The average Bonchev–Trinajstić information content (AvgIpc) is 2.83. The Labute approximate surface area is 123 Å². The number of nitrogens with zero attached hydrogens (tertiary/aromatic N) is 3. The van der Waals surface area contributed by atoms with Gasteiger partial charge in [-0.1, -0.05) is 6.07 Å². The monoisotopic (exact) mass is 285 g/mol. The summed E-state index contributed by atoms with van der Waals surface area (Å²) in [6.07, 6.45) is 4.56. The molecule has 110 valence electrons. The number of nitrogens with one attached hydrogen (secondary N) is 1. The zero-order chi connectivity index (χ0) is 14.8. The van der Waals surface area contributed by atoms with Crippen molar-refractivity contribution < 1.29 is 4.79 Å². The smallest absolute Gasteiger partial charge is 0.283 e. The molecule has 2 aromatic heterocycles. The summed E-state index contributed by atoms with van der Waals surface area (Å²) in [5.74, 6) is 5.79. The molecule has 6 nitrogen and oxygen atoms in total. The van der Waals surface area contributed by atoms with Crippen molar-refractivity contribution in [3.63, 3.8) is 0 Å². The highest BCUT2D eigenvalue weighted by Gasteiger charge is 2.18. The molecular formula is C15H19N5O. The lowest BCUT2D eigenvalue weighted by molar-refractivity contribution is 0.0948. The normalized spacial score (nSPS) is 13.8. The molecule has 6 heteroatoms. The zero-order valence-corrected chi connectivity index (χ0v) is 12.1. The third-order valence-electron chi connectivity index (χ3n) is 3.91. The van der Waals surface area contributed by atoms with Crippen molar-refractivity contribution in [1.82, 2.24) is 20.0 Å². The number of carbonyl (C=O) groups excluding carboxylic acids is 1. The van der Waals surface area contributed by atoms with Gasteiger partial charge in [-0.2, -0.15) is 0 Å². The number of hydrogen-bond acceptors (Lipinski definition) is 4. The number of amides is 1. The number of pyridine rings is 1. The molecule has 0 aliphatic heterocycles. The van der Waals surface area contributed by atoms with Crippen LogP contribution >= 0.6 is 0 Å². The van der Waals surface area contributed by atoms with E-state index in [9.17, 15) is 4.79 Å². The second kappa shape index (κ2) is 5.65. The highest BCUT2D eigenvalue weighted by molar-refractivity contribution is 5.91. The molecular weight excluding hydrogens is 266 g/mol. The number of nitrogens with two attached hydrogens (primary N) is 1. The van der Waals surface area contributed by atoms with Gasteiger partial charge in [0.05, 0.1) is 17.9 Å². The fourth-order valence-electron chi connectivity index (χ4n) is 2.88. The maximum atomic E-state index is 11.5. The van der Waals surface area contributed by atoms with E-state index in [1.165, 1.54) is 24.2 Å². The van der Waals surface area contributed by atoms with Crippen LogP contribution in [0.5, 0.6) is 0 Å². The number of aromatic nitrogens is 3. The van der Waals surface area contributed by atoms with E-state index < -0.39 is 0 Å². The first-order valence-electron chi connectivity index (χ1n) is 7.21. The lowest BCUT2D eigenvalue weighted by Gasteiger charge is -2.14. The van der Waals surface area contributed by atoms with Crippen molar-refractivity contribution in [1.29, 1.82) is 0 Å². The molecule has 0 fully saturated rings. The number of nitrogen functional groups attached to an aromatic ring is 1. The van der Waals surface area contributed by atoms with Crippen molar-refractivity contribution in [2.75, 3.05) is 0 Å². The Hall–Kier alpha value is -2.21. The SMILES string of the molecule is Cc1nc2c(n1Cc1cccc(C(=O)NN)n1)CCCC2. The molecule has 0 radical (unpaired) electrons. The molecule has 3 N–H and O–H groups in total. The molecule has 0 unspecified atom stereocenters. The molecule has 1 amide bonds. The van der Waals surface area contributed by atoms with Crippen LogP contribution in [0.2, 0.25) is 0 Å². The number of hydrogen-bond donors (Lipinski definition) is 2. The van der Waals surface area contributed by atoms with Crippen molar-refractivity contribution in [2.45, 2.75) is 39.2 Å². The molecule has 1 aliphatic rings. The molecule has 0 aromatic carbocycles. The Morgan fingerprint density at radius 2 is 2.14 bits per heavy atom. The van der Waals surface area contributed by atoms with Gasteiger partial charge in [0.25, 0.3) is 5.91 Å². The van der Waals surface area contributed by atoms with Crippen LogP contribution in [0.3, 0.4) is 0 Å². The van der Waals surface area contributed by atoms with Crippen LogP contribution in [-0.4, -0.2) is 20.4 Å². The minimum Gasteiger partial charge on any atom is -0.326 e. The van der Waals surface area contributed by atoms with Gasteiger partial charge in [-0.3, -0.25) is 10.2 Å². The third kappa shape index (κ3) is 2.67. The van der Waals surface area contributed by atoms with Crippen LogP contribution in [-0.2, 0) is 19.4 Å². The van der Waals surface area contributed by atoms with E-state index in [1.807, 2.05) is 19.1 Å². The minimum atomic E-state index is -0.374. The summed E-state index contributed by atoms with van der Waals surface area (Å²) in [7, 11) is 0. The van der Waals surface area contributed by atoms with Gasteiger partial charge in [0, 0.05) is 5.69 Å². The van der Waals surface area contributed by atoms with Crippen molar-refractivity contribution in [2.24, 2.45) is 5.84 Å². The number of fused-ring (bicyclic) bond motifs is 1. The van der Waals surface area contributed by atoms with Crippen LogP contribution in [0.15, 0.2) is 18.2 Å². The summed E-state index contributed by atoms with van der Waals surface area (Å²) in [6.45, 7) is 2.66. The molecule has 21 heavy (non-hydrogen) atoms. The highest BCUT2D eigenvalue weighted by Crippen LogP contribution is 2.22. The number of aryl methyl sites for hydroxylation is 2. The molecule has 0 bridgehead atoms. The van der Waals surface area contributed by atoms with Crippen molar-refractivity contribution in [3.8, 4) is 0 Å². The second-order valence-electron chi connectivity index (χ2n) is 5.33. The maximum absolute atomic E-state index is 11.5. The number of carbonyl (C=O) groups is 1. The molecule has 3 rings (SSSR count). The Kier molecular flexibility index (Phi) is 3.70. The Balaban J connectivity index is 1.90. The molecule has 0 atom stereocenters. The molecule has 0 saturated carbocycles. The molecule has 2 heterocycles. The van der Waals surface area contributed by atoms with Gasteiger partial charge in [-0.15, -0.1) is 0 Å². The van der Waals surface area contributed by atoms with E-state index in [0.717, 1.165) is 24.4 Å². The Morgan fingerprint density at radius 1 is 1.33 bits per heavy atom. The van der Waals surface area contributed by atoms with E-state index in [0.29, 0.717) is 12.2 Å². The fraction of sp³-hybridized carbons (Fsp3) is 0.400. The van der Waals surface area contributed by atoms with Crippen molar-refractivity contribution in [3.05, 3.63) is 46.8 Å². The Morgan fingerprint density at radius 3 is 2.95 bits per heavy atom. The largest absolute Gasteiger partial charge is 0.326 e. The summed E-state index contributed by atoms with van der Waals surface area (Å²) in [5, 5.41) is 0. The molecule has 1 aliphatic carbocycles. The molecule has 2 aromatic rings. The molecule has 0 saturated heterocycles. The van der Waals surface area contributed by atoms with Gasteiger partial charge in [-0.05, 0) is 44.7 Å². The van der Waals surface area contributed by atoms with Gasteiger partial charge in [0.2, 0.25) is 0 Å². The number of imidazole rings is 1. The zero-order valence-electron chi connectivity index (χ0n) is 12.1. The first-order valence-corrected chi connectivity index (χ1v) is 7.21. The second-order valence-corrected chi connectivity index (χ2v) is 5.33. The summed E-state index contributed by atoms with van der Waals surface area (Å²) in [6, 6.07) is 5.40. The molecule has 0 spiro atoms. The van der Waals surface area contributed by atoms with Crippen molar-refractivity contribution >= 4 is 5.91 Å². The van der Waals surface area contributed by atoms with Crippen LogP contribution in [0.25, 0.3) is 0 Å². The maximum Gasteiger partial charge on any atom is 0.283 e. The van der Waals surface area contributed by atoms with E-state index in [4.69, 9.17) is 5.84 Å². The number of hydrazine groups is 1. The fourth-order valence-corrected chi connectivity index (χ4v) is 2.88. The summed E-state index contributed by atoms with van der Waals surface area (Å²) >= 11 is 0. The van der Waals surface area contributed by atoms with Crippen LogP contribution in [0.4, 0.5) is 0 Å². The van der Waals surface area contributed by atoms with Gasteiger partial charge >= 0.3 is 0 Å². The predicted octanol–water partition coefficient (Wildman–Crippen LogP) is 1.12. The van der Waals surface area contributed by atoms with E-state index >= 15 is 0 Å². The summed E-state index contributed by atoms with van der Waals surface area (Å²) < 4.78 is 2.21. The van der Waals surface area contributed by atoms with Crippen LogP contribution in [0, 0.1) is 6.92 Å². The summed E-state index contributed by atoms with van der Waals surface area (Å²) in [5.41, 5.74) is 5.81. The average molecular weight is 285 g/mol. The predicted molar refractivity (Wildman–Crippen MR) is 78.6 cm³/mol. The van der Waals surface area contributed by atoms with Gasteiger partial charge in [-0.25, -0.2) is 15.8 Å². The highest BCUT2D eigenvalue weighted by atomic mass is 16.2. The topological polar surface area (TPSA) is 85.8 Å². The van der Waals surface area contributed by atoms with E-state index in [2.05, 4.69) is 20.0 Å². The first kappa shape index (κ1) is 13.8. The van der Waals surface area contributed by atoms with Gasteiger partial charge < -0.3 is 4.57 Å². The van der Waals surface area contributed by atoms with Gasteiger partial charge in [0.15, 0.2) is 0 Å². The quantitative estimate of drug-likeness (QED) is 0.502. The lowest BCUT2D eigenvalue weighted by Crippen LogP contribution is -2.30. The van der Waals surface area contributed by atoms with E-state index in [-0.39, 0.29) is 5.91 Å². The number of rotatable bonds is 3. The Bertz CT molecular complexity index is 677. The lowest BCUT2D eigenvalue weighted by atomic mass is 10.0. The first-order chi connectivity index (χ1) is 10.2. The minimum absolute atomic E-state index is 0.335. The van der Waals surface area contributed by atoms with E-state index in [1.54, 1.807) is 6.07 Å². The standard InChI is InChI=1S/C15H19N5O/c1-10-17-12-6-2-3-8-14(12)20(10)9-11-5-4-7-13(18-11)15(21)19-16/h4-5,7H,2-3,6,8-9,16H2,1H3,(H,19,21). The van der Waals surface area contributed by atoms with Crippen LogP contribution in [0.1, 0.15) is 46.2 Å². The van der Waals surface area contributed by atoms with Crippen LogP contribution < -0.4 is 11.3 Å².